The summed E-state index contributed by atoms with van der Waals surface area (Å²) in [7, 11) is -5.10. The second kappa shape index (κ2) is 3.65. The molecule has 0 heterocycles. The standard InChI is InChI=1S/C5H9FNO6P.ClH/c6-4(3(10)14(11,12)13)1-5(4,7)2(8)9;/h3,10H,1,7H2,(H,8,9)(H2,11,12,13);1H/t3?,4-,5+;/m1./s1. The third-order valence-corrected chi connectivity index (χ3v) is 3.31. The lowest BCUT2D eigenvalue weighted by Crippen LogP contribution is -2.45. The van der Waals surface area contributed by atoms with Crippen molar-refractivity contribution in [3.63, 3.8) is 0 Å². The molecule has 1 saturated carbocycles. The fourth-order valence-electron chi connectivity index (χ4n) is 1.20. The van der Waals surface area contributed by atoms with Gasteiger partial charge in [0.1, 0.15) is 0 Å². The molecule has 0 saturated heterocycles. The van der Waals surface area contributed by atoms with Crippen LogP contribution in [0.25, 0.3) is 0 Å². The number of hydrogen-bond donors (Lipinski definition) is 5. The number of halogens is 2. The number of carboxylic acids is 1. The summed E-state index contributed by atoms with van der Waals surface area (Å²) in [6.07, 6.45) is -0.818. The zero-order valence-electron chi connectivity index (χ0n) is 7.20. The van der Waals surface area contributed by atoms with E-state index in [2.05, 4.69) is 0 Å². The van der Waals surface area contributed by atoms with Crippen molar-refractivity contribution in [3.8, 4) is 0 Å². The maximum Gasteiger partial charge on any atom is 0.357 e. The molecule has 0 aromatic carbocycles. The monoisotopic (exact) mass is 265 g/mol. The molecule has 1 aliphatic carbocycles. The number of rotatable bonds is 3. The average molecular weight is 266 g/mol. The molecule has 3 atom stereocenters. The Bertz CT molecular complexity index is 335. The van der Waals surface area contributed by atoms with E-state index in [4.69, 9.17) is 25.7 Å². The second-order valence-corrected chi connectivity index (χ2v) is 4.95. The summed E-state index contributed by atoms with van der Waals surface area (Å²) in [6, 6.07) is 0. The van der Waals surface area contributed by atoms with Crippen LogP contribution >= 0.6 is 20.0 Å². The SMILES string of the molecule is Cl.N[C@]1(C(=O)O)C[C@@]1(F)C(O)P(=O)(O)O. The Kier molecular flexibility index (Phi) is 3.60. The number of aliphatic hydroxyl groups is 1. The lowest BCUT2D eigenvalue weighted by atomic mass is 10.2. The van der Waals surface area contributed by atoms with Gasteiger partial charge in [-0.15, -0.1) is 12.4 Å². The maximum absolute atomic E-state index is 13.4. The minimum Gasteiger partial charge on any atom is -0.480 e. The van der Waals surface area contributed by atoms with E-state index in [1.54, 1.807) is 0 Å². The first-order valence-corrected chi connectivity index (χ1v) is 5.18. The number of aliphatic carboxylic acids is 1. The number of alkyl halides is 1. The minimum atomic E-state index is -5.10. The minimum absolute atomic E-state index is 0. The molecule has 0 amide bonds. The van der Waals surface area contributed by atoms with Gasteiger partial charge in [0.05, 0.1) is 0 Å². The summed E-state index contributed by atoms with van der Waals surface area (Å²) in [4.78, 5) is 27.3. The summed E-state index contributed by atoms with van der Waals surface area (Å²) >= 11 is 0. The smallest absolute Gasteiger partial charge is 0.357 e. The zero-order chi connectivity index (χ0) is 11.4. The molecule has 90 valence electrons. The largest absolute Gasteiger partial charge is 0.480 e. The highest BCUT2D eigenvalue weighted by Gasteiger charge is 2.78. The van der Waals surface area contributed by atoms with Crippen molar-refractivity contribution in [2.24, 2.45) is 5.73 Å². The molecule has 0 aromatic rings. The van der Waals surface area contributed by atoms with Gasteiger partial charge in [-0.25, -0.2) is 4.39 Å². The first-order chi connectivity index (χ1) is 6.06. The van der Waals surface area contributed by atoms with Crippen LogP contribution in [0.15, 0.2) is 0 Å². The van der Waals surface area contributed by atoms with Gasteiger partial charge in [-0.05, 0) is 0 Å². The summed E-state index contributed by atoms with van der Waals surface area (Å²) in [5.74, 6) is -4.44. The molecule has 0 spiro atoms. The lowest BCUT2D eigenvalue weighted by molar-refractivity contribution is -0.141. The Labute approximate surface area is 89.7 Å². The third-order valence-electron chi connectivity index (χ3n) is 2.26. The topological polar surface area (TPSA) is 141 Å². The summed E-state index contributed by atoms with van der Waals surface area (Å²) in [5.41, 5.74) is -0.382. The first kappa shape index (κ1) is 14.8. The molecule has 0 aromatic heterocycles. The van der Waals surface area contributed by atoms with Crippen molar-refractivity contribution in [2.45, 2.75) is 23.5 Å². The molecule has 0 bridgehead atoms. The van der Waals surface area contributed by atoms with E-state index in [0.29, 0.717) is 0 Å². The van der Waals surface area contributed by atoms with E-state index >= 15 is 0 Å². The Morgan fingerprint density at radius 1 is 1.53 bits per heavy atom. The first-order valence-electron chi connectivity index (χ1n) is 3.50. The average Bonchev–Trinajstić information content (AvgIpc) is 2.54. The van der Waals surface area contributed by atoms with Crippen LogP contribution in [0.5, 0.6) is 0 Å². The highest BCUT2D eigenvalue weighted by Crippen LogP contribution is 2.61. The van der Waals surface area contributed by atoms with Gasteiger partial charge in [0.15, 0.2) is 17.1 Å². The predicted octanol–water partition coefficient (Wildman–Crippen LogP) is -1.20. The van der Waals surface area contributed by atoms with Crippen molar-refractivity contribution >= 4 is 26.0 Å². The van der Waals surface area contributed by atoms with Gasteiger partial charge in [0.2, 0.25) is 0 Å². The number of aliphatic hydroxyl groups excluding tert-OH is 1. The van der Waals surface area contributed by atoms with Crippen molar-refractivity contribution in [1.82, 2.24) is 0 Å². The molecule has 1 rings (SSSR count). The summed E-state index contributed by atoms with van der Waals surface area (Å²) < 4.78 is 23.9. The Balaban J connectivity index is 0.00000196. The second-order valence-electron chi connectivity index (χ2n) is 3.28. The maximum atomic E-state index is 13.4. The summed E-state index contributed by atoms with van der Waals surface area (Å²) in [5, 5.41) is 17.3. The molecule has 1 unspecified atom stereocenters. The Morgan fingerprint density at radius 2 is 1.93 bits per heavy atom. The van der Waals surface area contributed by atoms with E-state index in [-0.39, 0.29) is 12.4 Å². The van der Waals surface area contributed by atoms with Gasteiger partial charge in [0, 0.05) is 6.42 Å². The zero-order valence-corrected chi connectivity index (χ0v) is 8.91. The molecular weight excluding hydrogens is 255 g/mol. The van der Waals surface area contributed by atoms with Crippen molar-refractivity contribution in [1.29, 1.82) is 0 Å². The molecule has 7 nitrogen and oxygen atoms in total. The van der Waals surface area contributed by atoms with E-state index < -0.39 is 37.0 Å². The van der Waals surface area contributed by atoms with E-state index in [9.17, 15) is 13.8 Å². The van der Waals surface area contributed by atoms with Crippen LogP contribution in [0, 0.1) is 0 Å². The van der Waals surface area contributed by atoms with Crippen LogP contribution in [0.3, 0.4) is 0 Å². The van der Waals surface area contributed by atoms with E-state index in [0.717, 1.165) is 0 Å². The fourth-order valence-corrected chi connectivity index (χ4v) is 2.06. The number of carboxylic acid groups (broad SMARTS) is 1. The van der Waals surface area contributed by atoms with Crippen LogP contribution < -0.4 is 5.73 Å². The Hall–Kier alpha value is -0.240. The fraction of sp³-hybridized carbons (Fsp3) is 0.800. The van der Waals surface area contributed by atoms with E-state index in [1.807, 2.05) is 0 Å². The van der Waals surface area contributed by atoms with Crippen molar-refractivity contribution in [2.75, 3.05) is 0 Å². The molecule has 1 aliphatic rings. The third kappa shape index (κ3) is 2.01. The van der Waals surface area contributed by atoms with Crippen LogP contribution in [-0.2, 0) is 9.36 Å². The van der Waals surface area contributed by atoms with Gasteiger partial charge in [0.25, 0.3) is 0 Å². The van der Waals surface area contributed by atoms with Gasteiger partial charge >= 0.3 is 13.6 Å². The highest BCUT2D eigenvalue weighted by atomic mass is 35.5. The molecule has 10 heteroatoms. The van der Waals surface area contributed by atoms with Crippen molar-refractivity contribution in [3.05, 3.63) is 0 Å². The van der Waals surface area contributed by atoms with Gasteiger partial charge < -0.3 is 25.7 Å². The van der Waals surface area contributed by atoms with Gasteiger partial charge in [-0.1, -0.05) is 0 Å². The molecule has 1 fully saturated rings. The molecule has 15 heavy (non-hydrogen) atoms. The van der Waals surface area contributed by atoms with Gasteiger partial charge in [-0.3, -0.25) is 9.36 Å². The van der Waals surface area contributed by atoms with Crippen LogP contribution in [0.4, 0.5) is 4.39 Å². The normalized spacial score (nSPS) is 36.6. The van der Waals surface area contributed by atoms with Crippen LogP contribution in [-0.4, -0.2) is 43.0 Å². The van der Waals surface area contributed by atoms with Gasteiger partial charge in [-0.2, -0.15) is 0 Å². The number of carbonyl (C=O) groups is 1. The quantitative estimate of drug-likeness (QED) is 0.403. The van der Waals surface area contributed by atoms with Crippen LogP contribution in [0.2, 0.25) is 0 Å². The summed E-state index contributed by atoms with van der Waals surface area (Å²) in [6.45, 7) is 0. The predicted molar refractivity (Wildman–Crippen MR) is 48.3 cm³/mol. The highest BCUT2D eigenvalue weighted by molar-refractivity contribution is 7.52. The number of nitrogens with two attached hydrogens (primary N) is 1. The molecule has 0 aliphatic heterocycles. The molecular formula is C5H10ClFNO6P. The molecule has 0 radical (unpaired) electrons. The lowest BCUT2D eigenvalue weighted by Gasteiger charge is -2.18. The van der Waals surface area contributed by atoms with E-state index in [1.165, 1.54) is 0 Å². The number of hydrogen-bond acceptors (Lipinski definition) is 4. The van der Waals surface area contributed by atoms with Crippen molar-refractivity contribution < 1.29 is 33.7 Å². The molecule has 6 N–H and O–H groups in total. The van der Waals surface area contributed by atoms with Crippen LogP contribution in [0.1, 0.15) is 6.42 Å². The Morgan fingerprint density at radius 3 is 2.13 bits per heavy atom.